The van der Waals surface area contributed by atoms with Crippen molar-refractivity contribution >= 4 is 17.4 Å². The van der Waals surface area contributed by atoms with Crippen molar-refractivity contribution in [2.45, 2.75) is 19.1 Å². The molecule has 0 aromatic carbocycles. The van der Waals surface area contributed by atoms with Crippen molar-refractivity contribution in [3.63, 3.8) is 0 Å². The van der Waals surface area contributed by atoms with Crippen LogP contribution in [0.2, 0.25) is 0 Å². The standard InChI is InChI=1S/C17H17FN6O3/c1-9-5-19-16(26)12-7-21-24-3-2-14(23-15(12)24)22-13(8-25)11-4-10(18)6-20-17(11)27-9/h2-4,6-7,9,13,25H,5,8H2,1H3,(H,19,26)(H,22,23)/t9-,13?/m0/s1. The monoisotopic (exact) mass is 372 g/mol. The highest BCUT2D eigenvalue weighted by atomic mass is 19.1. The lowest BCUT2D eigenvalue weighted by Gasteiger charge is -2.21. The molecule has 9 nitrogen and oxygen atoms in total. The summed E-state index contributed by atoms with van der Waals surface area (Å²) in [6, 6.07) is 2.19. The lowest BCUT2D eigenvalue weighted by molar-refractivity contribution is 0.0931. The summed E-state index contributed by atoms with van der Waals surface area (Å²) in [5, 5.41) is 19.8. The third-order valence-corrected chi connectivity index (χ3v) is 4.20. The van der Waals surface area contributed by atoms with E-state index in [2.05, 4.69) is 25.7 Å². The van der Waals surface area contributed by atoms with Gasteiger partial charge in [0.05, 0.1) is 31.6 Å². The number of anilines is 1. The summed E-state index contributed by atoms with van der Waals surface area (Å²) in [7, 11) is 0. The quantitative estimate of drug-likeness (QED) is 0.582. The van der Waals surface area contributed by atoms with Crippen LogP contribution in [0.4, 0.5) is 10.2 Å². The minimum Gasteiger partial charge on any atom is -0.473 e. The van der Waals surface area contributed by atoms with Gasteiger partial charge in [0.25, 0.3) is 5.91 Å². The second-order valence-electron chi connectivity index (χ2n) is 6.21. The molecular weight excluding hydrogens is 355 g/mol. The predicted octanol–water partition coefficient (Wildman–Crippen LogP) is 0.920. The van der Waals surface area contributed by atoms with Crippen molar-refractivity contribution < 1.29 is 19.0 Å². The number of rotatable bonds is 1. The highest BCUT2D eigenvalue weighted by Gasteiger charge is 2.22. The molecule has 1 aliphatic rings. The van der Waals surface area contributed by atoms with E-state index in [9.17, 15) is 14.3 Å². The van der Waals surface area contributed by atoms with Gasteiger partial charge in [-0.15, -0.1) is 0 Å². The summed E-state index contributed by atoms with van der Waals surface area (Å²) in [6.45, 7) is 1.61. The molecule has 0 spiro atoms. The molecule has 4 rings (SSSR count). The number of nitrogens with one attached hydrogen (secondary N) is 2. The Kier molecular flexibility index (Phi) is 4.32. The van der Waals surface area contributed by atoms with E-state index in [1.54, 1.807) is 19.2 Å². The Labute approximate surface area is 153 Å². The van der Waals surface area contributed by atoms with E-state index in [-0.39, 0.29) is 24.9 Å². The van der Waals surface area contributed by atoms with Gasteiger partial charge in [0.1, 0.15) is 23.3 Å². The number of hydrogen-bond acceptors (Lipinski definition) is 7. The molecule has 1 amide bonds. The first-order valence-corrected chi connectivity index (χ1v) is 8.37. The van der Waals surface area contributed by atoms with Gasteiger partial charge in [-0.25, -0.2) is 18.9 Å². The fourth-order valence-corrected chi connectivity index (χ4v) is 2.86. The zero-order valence-electron chi connectivity index (χ0n) is 14.4. The van der Waals surface area contributed by atoms with Crippen molar-refractivity contribution in [1.29, 1.82) is 0 Å². The fourth-order valence-electron chi connectivity index (χ4n) is 2.86. The van der Waals surface area contributed by atoms with Crippen molar-refractivity contribution in [3.8, 4) is 5.88 Å². The molecule has 0 saturated carbocycles. The van der Waals surface area contributed by atoms with E-state index in [1.165, 1.54) is 16.8 Å². The Morgan fingerprint density at radius 1 is 1.44 bits per heavy atom. The number of aliphatic hydroxyl groups excluding tert-OH is 1. The van der Waals surface area contributed by atoms with Crippen LogP contribution < -0.4 is 15.4 Å². The second-order valence-corrected chi connectivity index (χ2v) is 6.21. The zero-order chi connectivity index (χ0) is 19.0. The van der Waals surface area contributed by atoms with Gasteiger partial charge in [-0.05, 0) is 19.1 Å². The number of carbonyl (C=O) groups excluding carboxylic acids is 1. The van der Waals surface area contributed by atoms with Gasteiger partial charge < -0.3 is 20.5 Å². The smallest absolute Gasteiger partial charge is 0.256 e. The van der Waals surface area contributed by atoms with Crippen molar-refractivity contribution in [1.82, 2.24) is 24.9 Å². The Morgan fingerprint density at radius 2 is 2.30 bits per heavy atom. The van der Waals surface area contributed by atoms with Gasteiger partial charge in [-0.1, -0.05) is 0 Å². The van der Waals surface area contributed by atoms with Crippen LogP contribution in [0, 0.1) is 5.82 Å². The number of hydrogen-bond donors (Lipinski definition) is 3. The lowest BCUT2D eigenvalue weighted by atomic mass is 10.1. The molecule has 0 aliphatic carbocycles. The first kappa shape index (κ1) is 17.2. The molecule has 1 unspecified atom stereocenters. The minimum absolute atomic E-state index is 0.174. The second kappa shape index (κ2) is 6.80. The maximum Gasteiger partial charge on any atom is 0.256 e. The summed E-state index contributed by atoms with van der Waals surface area (Å²) < 4.78 is 21.0. The molecule has 3 aromatic rings. The van der Waals surface area contributed by atoms with Gasteiger partial charge in [0.2, 0.25) is 5.88 Å². The molecule has 3 N–H and O–H groups in total. The van der Waals surface area contributed by atoms with E-state index < -0.39 is 18.0 Å². The average molecular weight is 372 g/mol. The van der Waals surface area contributed by atoms with Gasteiger partial charge in [-0.3, -0.25) is 4.79 Å². The van der Waals surface area contributed by atoms with Crippen LogP contribution in [0.1, 0.15) is 28.9 Å². The summed E-state index contributed by atoms with van der Waals surface area (Å²) in [5.41, 5.74) is 1.03. The highest BCUT2D eigenvalue weighted by Crippen LogP contribution is 2.27. The molecule has 0 fully saturated rings. The maximum atomic E-state index is 13.8. The number of fused-ring (bicyclic) bond motifs is 2. The Morgan fingerprint density at radius 3 is 3.11 bits per heavy atom. The summed E-state index contributed by atoms with van der Waals surface area (Å²) in [4.78, 5) is 20.9. The molecule has 0 radical (unpaired) electrons. The first-order valence-electron chi connectivity index (χ1n) is 8.37. The van der Waals surface area contributed by atoms with Gasteiger partial charge in [0, 0.05) is 11.8 Å². The first-order chi connectivity index (χ1) is 13.0. The minimum atomic E-state index is -0.707. The predicted molar refractivity (Wildman–Crippen MR) is 93.1 cm³/mol. The SMILES string of the molecule is C[C@H]1CNC(=O)c2cnn3ccc(nc23)NC(CO)c2cc(F)cnc2O1. The Balaban J connectivity index is 1.84. The normalized spacial score (nSPS) is 19.9. The number of aliphatic hydroxyl groups is 1. The molecule has 2 atom stereocenters. The van der Waals surface area contributed by atoms with Gasteiger partial charge >= 0.3 is 0 Å². The largest absolute Gasteiger partial charge is 0.473 e. The molecular formula is C17H17FN6O3. The van der Waals surface area contributed by atoms with E-state index in [0.29, 0.717) is 22.6 Å². The number of halogens is 1. The van der Waals surface area contributed by atoms with Crippen LogP contribution in [0.25, 0.3) is 5.65 Å². The number of aromatic nitrogens is 4. The van der Waals surface area contributed by atoms with E-state index in [4.69, 9.17) is 4.74 Å². The van der Waals surface area contributed by atoms with Crippen LogP contribution >= 0.6 is 0 Å². The average Bonchev–Trinajstić information content (AvgIpc) is 3.08. The summed E-state index contributed by atoms with van der Waals surface area (Å²) in [5.74, 6) is -0.327. The fraction of sp³-hybridized carbons (Fsp3) is 0.294. The van der Waals surface area contributed by atoms with Crippen molar-refractivity contribution in [2.24, 2.45) is 0 Å². The number of ether oxygens (including phenoxy) is 1. The number of carbonyl (C=O) groups is 1. The third-order valence-electron chi connectivity index (χ3n) is 4.20. The number of amides is 1. The molecule has 3 aromatic heterocycles. The molecule has 4 heterocycles. The third kappa shape index (κ3) is 3.26. The van der Waals surface area contributed by atoms with Crippen LogP contribution in [0.15, 0.2) is 30.7 Å². The highest BCUT2D eigenvalue weighted by molar-refractivity contribution is 5.99. The van der Waals surface area contributed by atoms with Gasteiger partial charge in [-0.2, -0.15) is 5.10 Å². The van der Waals surface area contributed by atoms with Crippen LogP contribution in [0.3, 0.4) is 0 Å². The maximum absolute atomic E-state index is 13.8. The Hall–Kier alpha value is -3.27. The Bertz CT molecular complexity index is 1010. The van der Waals surface area contributed by atoms with E-state index in [1.807, 2.05) is 0 Å². The summed E-state index contributed by atoms with van der Waals surface area (Å²) in [6.07, 6.45) is 3.67. The zero-order valence-corrected chi connectivity index (χ0v) is 14.4. The van der Waals surface area contributed by atoms with Gasteiger partial charge in [0.15, 0.2) is 5.65 Å². The van der Waals surface area contributed by atoms with Crippen LogP contribution in [-0.4, -0.2) is 49.9 Å². The molecule has 0 saturated heterocycles. The van der Waals surface area contributed by atoms with Crippen molar-refractivity contribution in [2.75, 3.05) is 18.5 Å². The van der Waals surface area contributed by atoms with Crippen LogP contribution in [-0.2, 0) is 0 Å². The number of pyridine rings is 1. The number of nitrogens with zero attached hydrogens (tertiary/aromatic N) is 4. The molecule has 140 valence electrons. The molecule has 27 heavy (non-hydrogen) atoms. The molecule has 2 bridgehead atoms. The van der Waals surface area contributed by atoms with E-state index in [0.717, 1.165) is 6.20 Å². The molecule has 10 heteroatoms. The molecule has 1 aliphatic heterocycles. The van der Waals surface area contributed by atoms with E-state index >= 15 is 0 Å². The summed E-state index contributed by atoms with van der Waals surface area (Å²) >= 11 is 0. The van der Waals surface area contributed by atoms with Crippen molar-refractivity contribution in [3.05, 3.63) is 47.7 Å². The topological polar surface area (TPSA) is 114 Å². The van der Waals surface area contributed by atoms with Crippen LogP contribution in [0.5, 0.6) is 5.88 Å². The lowest BCUT2D eigenvalue weighted by Crippen LogP contribution is -2.34.